The van der Waals surface area contributed by atoms with Crippen molar-refractivity contribution in [2.45, 2.75) is 19.3 Å². The summed E-state index contributed by atoms with van der Waals surface area (Å²) in [5.74, 6) is 0. The molecule has 1 aromatic heterocycles. The summed E-state index contributed by atoms with van der Waals surface area (Å²) in [4.78, 5) is 1.72. The van der Waals surface area contributed by atoms with Gasteiger partial charge in [-0.25, -0.2) is 0 Å². The van der Waals surface area contributed by atoms with Gasteiger partial charge in [0.15, 0.2) is 0 Å². The van der Waals surface area contributed by atoms with Gasteiger partial charge >= 0.3 is 0 Å². The second kappa shape index (κ2) is 14.8. The number of anilines is 3. The first-order chi connectivity index (χ1) is 38.1. The van der Waals surface area contributed by atoms with Crippen LogP contribution in [-0.4, -0.2) is 0 Å². The Bertz CT molecular complexity index is 4450. The Morgan fingerprint density at radius 3 is 1.84 bits per heavy atom. The van der Waals surface area contributed by atoms with Gasteiger partial charge in [0.05, 0.1) is 29.0 Å². The van der Waals surface area contributed by atoms with E-state index in [2.05, 4.69) is 19.9 Å². The lowest BCUT2D eigenvalue weighted by molar-refractivity contribution is 0.661. The first-order valence-corrected chi connectivity index (χ1v) is 21.3. The van der Waals surface area contributed by atoms with Crippen molar-refractivity contribution in [3.05, 3.63) is 235 Å². The standard InChI is InChI=1S/C61H43NS/c1-61(2)55-25-13-11-22-51(55)54-24-15-26-56(60(54)61)62(48-37-45(40-16-5-3-6-17-40)36-46(38-48)41-18-7-4-8-19-41)47-32-28-43(29-33-47)50-34-30-42-20-9-10-21-49(42)59(50)44-31-35-53-52-23-12-14-27-57(52)63-58(53)39-44/h3-39H,1-2H3/i9D,10D,12D,14D,20D,21D,23D,27D,28D,29D,30D,31D,32D,33D,34D,35D,39D. The number of hydrogen-bond acceptors (Lipinski definition) is 2. The zero-order chi connectivity index (χ0) is 56.9. The summed E-state index contributed by atoms with van der Waals surface area (Å²) in [5, 5.41) is -1.22. The van der Waals surface area contributed by atoms with Crippen molar-refractivity contribution < 1.29 is 23.3 Å². The van der Waals surface area contributed by atoms with Gasteiger partial charge in [-0.1, -0.05) is 189 Å². The largest absolute Gasteiger partial charge is 0.310 e. The van der Waals surface area contributed by atoms with E-state index in [0.29, 0.717) is 11.4 Å². The Morgan fingerprint density at radius 2 is 1.08 bits per heavy atom. The van der Waals surface area contributed by atoms with Gasteiger partial charge in [0.1, 0.15) is 0 Å². The van der Waals surface area contributed by atoms with E-state index in [9.17, 15) is 13.7 Å². The summed E-state index contributed by atoms with van der Waals surface area (Å²) in [6, 6.07) is 27.7. The highest BCUT2D eigenvalue weighted by atomic mass is 32.1. The number of rotatable bonds is 7. The molecule has 0 radical (unpaired) electrons. The van der Waals surface area contributed by atoms with E-state index in [1.165, 1.54) is 0 Å². The highest BCUT2D eigenvalue weighted by molar-refractivity contribution is 7.25. The zero-order valence-electron chi connectivity index (χ0n) is 50.9. The fraction of sp³-hybridized carbons (Fsp3) is 0.0492. The average molecular weight is 839 g/mol. The third-order valence-electron chi connectivity index (χ3n) is 11.9. The van der Waals surface area contributed by atoms with E-state index in [0.717, 1.165) is 55.8 Å². The maximum absolute atomic E-state index is 10.2. The molecule has 2 heteroatoms. The fourth-order valence-corrected chi connectivity index (χ4v) is 10.0. The van der Waals surface area contributed by atoms with E-state index >= 15 is 0 Å². The molecule has 0 unspecified atom stereocenters. The van der Waals surface area contributed by atoms with Crippen LogP contribution >= 0.6 is 11.3 Å². The van der Waals surface area contributed by atoms with Crippen LogP contribution in [0.15, 0.2) is 224 Å². The molecule has 0 spiro atoms. The van der Waals surface area contributed by atoms with Crippen LogP contribution in [0.5, 0.6) is 0 Å². The van der Waals surface area contributed by atoms with Gasteiger partial charge in [-0.05, 0) is 126 Å². The number of benzene rings is 10. The highest BCUT2D eigenvalue weighted by Crippen LogP contribution is 2.55. The molecule has 0 saturated carbocycles. The molecule has 0 atom stereocenters. The molecule has 0 fully saturated rings. The van der Waals surface area contributed by atoms with E-state index in [4.69, 9.17) is 9.60 Å². The van der Waals surface area contributed by atoms with Gasteiger partial charge in [0.25, 0.3) is 0 Å². The minimum Gasteiger partial charge on any atom is -0.310 e. The summed E-state index contributed by atoms with van der Waals surface area (Å²) in [7, 11) is 0. The van der Waals surface area contributed by atoms with Crippen molar-refractivity contribution in [1.29, 1.82) is 0 Å². The van der Waals surface area contributed by atoms with Gasteiger partial charge in [0, 0.05) is 37.0 Å². The van der Waals surface area contributed by atoms with Crippen molar-refractivity contribution in [2.75, 3.05) is 4.90 Å². The van der Waals surface area contributed by atoms with Gasteiger partial charge in [-0.2, -0.15) is 0 Å². The van der Waals surface area contributed by atoms with Gasteiger partial charge < -0.3 is 4.90 Å². The number of thiophene rings is 1. The van der Waals surface area contributed by atoms with Crippen molar-refractivity contribution >= 4 is 59.3 Å². The van der Waals surface area contributed by atoms with Gasteiger partial charge in [-0.15, -0.1) is 11.3 Å². The van der Waals surface area contributed by atoms with Crippen molar-refractivity contribution in [3.63, 3.8) is 0 Å². The predicted molar refractivity (Wildman–Crippen MR) is 271 cm³/mol. The van der Waals surface area contributed by atoms with Gasteiger partial charge in [0.2, 0.25) is 0 Å². The summed E-state index contributed by atoms with van der Waals surface area (Å²) < 4.78 is 159. The van der Waals surface area contributed by atoms with Crippen LogP contribution in [0.2, 0.25) is 0 Å². The minimum atomic E-state index is -0.812. The first-order valence-electron chi connectivity index (χ1n) is 29.0. The molecule has 1 aliphatic rings. The summed E-state index contributed by atoms with van der Waals surface area (Å²) in [5.41, 5.74) is 5.01. The Labute approximate surface area is 396 Å². The molecule has 298 valence electrons. The Hall–Kier alpha value is -7.52. The topological polar surface area (TPSA) is 3.24 Å². The number of hydrogen-bond donors (Lipinski definition) is 0. The molecular weight excluding hydrogens is 779 g/mol. The highest BCUT2D eigenvalue weighted by Gasteiger charge is 2.38. The summed E-state index contributed by atoms with van der Waals surface area (Å²) >= 11 is 0.750. The second-order valence-electron chi connectivity index (χ2n) is 15.9. The van der Waals surface area contributed by atoms with Crippen molar-refractivity contribution in [1.82, 2.24) is 0 Å². The van der Waals surface area contributed by atoms with Crippen LogP contribution in [0.25, 0.3) is 86.6 Å². The maximum atomic E-state index is 10.2. The Kier molecular flexibility index (Phi) is 5.56. The third-order valence-corrected chi connectivity index (χ3v) is 12.9. The lowest BCUT2D eigenvalue weighted by Crippen LogP contribution is -2.20. The molecule has 12 rings (SSSR count). The molecule has 0 amide bonds. The molecule has 0 saturated heterocycles. The summed E-state index contributed by atoms with van der Waals surface area (Å²) in [6.07, 6.45) is 0. The maximum Gasteiger partial charge on any atom is 0.0645 e. The van der Waals surface area contributed by atoms with Crippen LogP contribution in [-0.2, 0) is 5.41 Å². The second-order valence-corrected chi connectivity index (χ2v) is 17.0. The minimum absolute atomic E-state index is 0.0134. The summed E-state index contributed by atoms with van der Waals surface area (Å²) in [6.45, 7) is 4.18. The lowest BCUT2D eigenvalue weighted by Gasteiger charge is -2.33. The molecule has 63 heavy (non-hydrogen) atoms. The van der Waals surface area contributed by atoms with Gasteiger partial charge in [-0.3, -0.25) is 0 Å². The first kappa shape index (κ1) is 23.6. The molecule has 0 N–H and O–H groups in total. The lowest BCUT2D eigenvalue weighted by atomic mass is 9.81. The average Bonchev–Trinajstić information content (AvgIpc) is 4.16. The SMILES string of the molecule is [2H]c1c([2H])c(N(c2cc(-c3ccccc3)cc(-c3ccccc3)c2)c2cccc3c2C(C)(C)c2ccccc2-3)c([2H])c([2H])c1-c1c([2H])c([2H])c2c([2H])c([2H])c([2H])c([2H])c2c1-c1c([2H])c([2H])c2c(sc3c([2H])c([2H])c([2H])c([2H])c32)c1[2H]. The van der Waals surface area contributed by atoms with Crippen molar-refractivity contribution in [3.8, 4) is 55.6 Å². The van der Waals surface area contributed by atoms with Crippen LogP contribution < -0.4 is 4.90 Å². The number of fused-ring (bicyclic) bond motifs is 7. The predicted octanol–water partition coefficient (Wildman–Crippen LogP) is 17.7. The third kappa shape index (κ3) is 6.21. The van der Waals surface area contributed by atoms with Crippen LogP contribution in [0.4, 0.5) is 17.1 Å². The molecule has 11 aromatic rings. The van der Waals surface area contributed by atoms with E-state index in [1.807, 2.05) is 115 Å². The molecule has 0 aliphatic heterocycles. The Balaban J connectivity index is 1.22. The molecule has 1 aliphatic carbocycles. The molecule has 0 bridgehead atoms. The molecule has 1 nitrogen and oxygen atoms in total. The van der Waals surface area contributed by atoms with E-state index in [-0.39, 0.29) is 25.9 Å². The van der Waals surface area contributed by atoms with Crippen molar-refractivity contribution in [2.24, 2.45) is 0 Å². The van der Waals surface area contributed by atoms with E-state index < -0.39 is 141 Å². The Morgan fingerprint density at radius 1 is 0.444 bits per heavy atom. The smallest absolute Gasteiger partial charge is 0.0645 e. The molecular formula is C61H43NS. The zero-order valence-corrected chi connectivity index (χ0v) is 34.7. The van der Waals surface area contributed by atoms with Crippen LogP contribution in [0.3, 0.4) is 0 Å². The molecule has 1 heterocycles. The number of nitrogens with zero attached hydrogens (tertiary/aromatic N) is 1. The van der Waals surface area contributed by atoms with E-state index in [1.54, 1.807) is 4.90 Å². The van der Waals surface area contributed by atoms with Crippen LogP contribution in [0, 0.1) is 0 Å². The fourth-order valence-electron chi connectivity index (χ4n) is 9.04. The normalized spacial score (nSPS) is 16.5. The van der Waals surface area contributed by atoms with Crippen LogP contribution in [0.1, 0.15) is 48.3 Å². The molecule has 10 aromatic carbocycles. The monoisotopic (exact) mass is 838 g/mol. The quantitative estimate of drug-likeness (QED) is 0.155.